The Bertz CT molecular complexity index is 434. The van der Waals surface area contributed by atoms with Gasteiger partial charge < -0.3 is 10.0 Å². The maximum Gasteiger partial charge on any atom is 0.320 e. The van der Waals surface area contributed by atoms with Crippen molar-refractivity contribution in [3.63, 3.8) is 0 Å². The Balaban J connectivity index is 2.55. The molecule has 1 amide bonds. The first-order valence-corrected chi connectivity index (χ1v) is 6.20. The summed E-state index contributed by atoms with van der Waals surface area (Å²) in [5.41, 5.74) is 1.05. The lowest BCUT2D eigenvalue weighted by atomic mass is 10.1. The SMILES string of the molecule is CC(c1ccccc1)N(C)C(=O)CN[C@H](C)C(=O)O. The molecule has 2 N–H and O–H groups in total. The van der Waals surface area contributed by atoms with Crippen LogP contribution in [0.5, 0.6) is 0 Å². The zero-order valence-corrected chi connectivity index (χ0v) is 11.5. The summed E-state index contributed by atoms with van der Waals surface area (Å²) < 4.78 is 0. The molecule has 0 heterocycles. The summed E-state index contributed by atoms with van der Waals surface area (Å²) >= 11 is 0. The van der Waals surface area contributed by atoms with E-state index in [1.807, 2.05) is 37.3 Å². The Morgan fingerprint density at radius 3 is 2.37 bits per heavy atom. The van der Waals surface area contributed by atoms with E-state index in [1.165, 1.54) is 6.92 Å². The largest absolute Gasteiger partial charge is 0.480 e. The first kappa shape index (κ1) is 15.2. The Morgan fingerprint density at radius 2 is 1.84 bits per heavy atom. The molecule has 5 heteroatoms. The fourth-order valence-electron chi connectivity index (χ4n) is 1.62. The number of likely N-dealkylation sites (N-methyl/N-ethyl adjacent to an activating group) is 1. The number of rotatable bonds is 6. The van der Waals surface area contributed by atoms with Gasteiger partial charge in [0.1, 0.15) is 6.04 Å². The number of hydrogen-bond donors (Lipinski definition) is 2. The minimum absolute atomic E-state index is 0.0150. The van der Waals surface area contributed by atoms with Crippen molar-refractivity contribution in [1.82, 2.24) is 10.2 Å². The van der Waals surface area contributed by atoms with Gasteiger partial charge in [-0.1, -0.05) is 30.3 Å². The third kappa shape index (κ3) is 4.37. The Labute approximate surface area is 113 Å². The summed E-state index contributed by atoms with van der Waals surface area (Å²) in [7, 11) is 1.72. The van der Waals surface area contributed by atoms with Gasteiger partial charge in [0.15, 0.2) is 0 Å². The Hall–Kier alpha value is -1.88. The molecule has 0 aliphatic heterocycles. The number of hydrogen-bond acceptors (Lipinski definition) is 3. The average molecular weight is 264 g/mol. The number of nitrogens with zero attached hydrogens (tertiary/aromatic N) is 1. The van der Waals surface area contributed by atoms with Crippen molar-refractivity contribution in [3.05, 3.63) is 35.9 Å². The number of carbonyl (C=O) groups excluding carboxylic acids is 1. The monoisotopic (exact) mass is 264 g/mol. The molecule has 1 aromatic carbocycles. The maximum absolute atomic E-state index is 12.0. The number of carboxylic acid groups (broad SMARTS) is 1. The van der Waals surface area contributed by atoms with Crippen LogP contribution < -0.4 is 5.32 Å². The standard InChI is InChI=1S/C14H20N2O3/c1-10(14(18)19)15-9-13(17)16(3)11(2)12-7-5-4-6-8-12/h4-8,10-11,15H,9H2,1-3H3,(H,18,19)/t10-,11?/m1/s1. The van der Waals surface area contributed by atoms with E-state index >= 15 is 0 Å². The lowest BCUT2D eigenvalue weighted by Crippen LogP contribution is -2.42. The molecule has 0 radical (unpaired) electrons. The van der Waals surface area contributed by atoms with Gasteiger partial charge in [0.25, 0.3) is 0 Å². The second-order valence-electron chi connectivity index (χ2n) is 4.53. The van der Waals surface area contributed by atoms with E-state index < -0.39 is 12.0 Å². The Morgan fingerprint density at radius 1 is 1.26 bits per heavy atom. The van der Waals surface area contributed by atoms with Crippen LogP contribution in [0.4, 0.5) is 0 Å². The van der Waals surface area contributed by atoms with Gasteiger partial charge in [-0.05, 0) is 19.4 Å². The van der Waals surface area contributed by atoms with E-state index in [2.05, 4.69) is 5.32 Å². The molecule has 1 aromatic rings. The van der Waals surface area contributed by atoms with Gasteiger partial charge >= 0.3 is 5.97 Å². The van der Waals surface area contributed by atoms with Crippen LogP contribution in [-0.4, -0.2) is 41.5 Å². The van der Waals surface area contributed by atoms with Crippen molar-refractivity contribution in [3.8, 4) is 0 Å². The van der Waals surface area contributed by atoms with Crippen molar-refractivity contribution in [2.75, 3.05) is 13.6 Å². The highest BCUT2D eigenvalue weighted by molar-refractivity contribution is 5.80. The summed E-state index contributed by atoms with van der Waals surface area (Å²) in [6.45, 7) is 3.46. The van der Waals surface area contributed by atoms with Gasteiger partial charge in [-0.2, -0.15) is 0 Å². The lowest BCUT2D eigenvalue weighted by molar-refractivity contribution is -0.139. The first-order chi connectivity index (χ1) is 8.93. The molecule has 0 bridgehead atoms. The highest BCUT2D eigenvalue weighted by atomic mass is 16.4. The van der Waals surface area contributed by atoms with Crippen LogP contribution in [0.2, 0.25) is 0 Å². The van der Waals surface area contributed by atoms with Crippen molar-refractivity contribution < 1.29 is 14.7 Å². The quantitative estimate of drug-likeness (QED) is 0.811. The molecule has 0 aliphatic rings. The predicted molar refractivity (Wildman–Crippen MR) is 72.7 cm³/mol. The molecule has 0 aliphatic carbocycles. The van der Waals surface area contributed by atoms with Gasteiger partial charge in [-0.25, -0.2) is 0 Å². The second-order valence-corrected chi connectivity index (χ2v) is 4.53. The van der Waals surface area contributed by atoms with Crippen LogP contribution in [0, 0.1) is 0 Å². The zero-order chi connectivity index (χ0) is 14.4. The number of nitrogens with one attached hydrogen (secondary N) is 1. The molecule has 1 unspecified atom stereocenters. The fourth-order valence-corrected chi connectivity index (χ4v) is 1.62. The van der Waals surface area contributed by atoms with Crippen LogP contribution in [-0.2, 0) is 9.59 Å². The van der Waals surface area contributed by atoms with Crippen LogP contribution in [0.25, 0.3) is 0 Å². The average Bonchev–Trinajstić information content (AvgIpc) is 2.43. The van der Waals surface area contributed by atoms with Crippen molar-refractivity contribution in [2.45, 2.75) is 25.9 Å². The minimum Gasteiger partial charge on any atom is -0.480 e. The molecule has 0 fully saturated rings. The summed E-state index contributed by atoms with van der Waals surface area (Å²) in [6.07, 6.45) is 0. The predicted octanol–water partition coefficient (Wildman–Crippen LogP) is 1.27. The topological polar surface area (TPSA) is 69.6 Å². The molecule has 0 spiro atoms. The molecule has 19 heavy (non-hydrogen) atoms. The zero-order valence-electron chi connectivity index (χ0n) is 11.5. The number of aliphatic carboxylic acids is 1. The number of carbonyl (C=O) groups is 2. The molecule has 2 atom stereocenters. The normalized spacial score (nSPS) is 13.6. The third-order valence-electron chi connectivity index (χ3n) is 3.19. The molecule has 5 nitrogen and oxygen atoms in total. The van der Waals surface area contributed by atoms with Gasteiger partial charge in [0, 0.05) is 7.05 Å². The molecule has 0 aromatic heterocycles. The maximum atomic E-state index is 12.0. The number of benzene rings is 1. The van der Waals surface area contributed by atoms with Crippen LogP contribution >= 0.6 is 0 Å². The Kier molecular flexibility index (Phi) is 5.51. The van der Waals surface area contributed by atoms with Crippen molar-refractivity contribution in [1.29, 1.82) is 0 Å². The van der Waals surface area contributed by atoms with E-state index in [4.69, 9.17) is 5.11 Å². The van der Waals surface area contributed by atoms with E-state index in [9.17, 15) is 9.59 Å². The van der Waals surface area contributed by atoms with Crippen LogP contribution in [0.1, 0.15) is 25.5 Å². The van der Waals surface area contributed by atoms with Gasteiger partial charge in [0.05, 0.1) is 12.6 Å². The van der Waals surface area contributed by atoms with Crippen molar-refractivity contribution >= 4 is 11.9 Å². The van der Waals surface area contributed by atoms with Crippen LogP contribution in [0.3, 0.4) is 0 Å². The molecule has 0 saturated carbocycles. The molecule has 0 saturated heterocycles. The van der Waals surface area contributed by atoms with Gasteiger partial charge in [-0.15, -0.1) is 0 Å². The third-order valence-corrected chi connectivity index (χ3v) is 3.19. The first-order valence-electron chi connectivity index (χ1n) is 6.20. The summed E-state index contributed by atoms with van der Waals surface area (Å²) in [5, 5.41) is 11.4. The van der Waals surface area contributed by atoms with Crippen LogP contribution in [0.15, 0.2) is 30.3 Å². The van der Waals surface area contributed by atoms with Crippen molar-refractivity contribution in [2.24, 2.45) is 0 Å². The molecular weight excluding hydrogens is 244 g/mol. The van der Waals surface area contributed by atoms with E-state index in [0.717, 1.165) is 5.56 Å². The highest BCUT2D eigenvalue weighted by Crippen LogP contribution is 2.17. The van der Waals surface area contributed by atoms with Gasteiger partial charge in [-0.3, -0.25) is 14.9 Å². The molecular formula is C14H20N2O3. The lowest BCUT2D eigenvalue weighted by Gasteiger charge is -2.26. The molecule has 1 rings (SSSR count). The van der Waals surface area contributed by atoms with Gasteiger partial charge in [0.2, 0.25) is 5.91 Å². The smallest absolute Gasteiger partial charge is 0.320 e. The van der Waals surface area contributed by atoms with E-state index in [1.54, 1.807) is 11.9 Å². The number of amides is 1. The fraction of sp³-hybridized carbons (Fsp3) is 0.429. The number of carboxylic acids is 1. The summed E-state index contributed by atoms with van der Waals surface area (Å²) in [5.74, 6) is -1.10. The van der Waals surface area contributed by atoms with E-state index in [0.29, 0.717) is 0 Å². The summed E-state index contributed by atoms with van der Waals surface area (Å²) in [4.78, 5) is 24.2. The highest BCUT2D eigenvalue weighted by Gasteiger charge is 2.18. The second kappa shape index (κ2) is 6.89. The molecule has 104 valence electrons. The minimum atomic E-state index is -0.966. The summed E-state index contributed by atoms with van der Waals surface area (Å²) in [6, 6.07) is 8.92. The van der Waals surface area contributed by atoms with E-state index in [-0.39, 0.29) is 18.5 Å².